The molecule has 0 unspecified atom stereocenters. The number of ether oxygens (including phenoxy) is 3. The van der Waals surface area contributed by atoms with E-state index in [1.165, 1.54) is 0 Å². The molecule has 44 heavy (non-hydrogen) atoms. The molecule has 1 aliphatic rings. The number of methoxy groups -OCH3 is 1. The van der Waals surface area contributed by atoms with E-state index in [2.05, 4.69) is 44.0 Å². The summed E-state index contributed by atoms with van der Waals surface area (Å²) in [7, 11) is 7.33. The highest BCUT2D eigenvalue weighted by Crippen LogP contribution is 2.43. The SMILES string of the molecule is CCc1ccc(C(=O)OCc2c(-c3ccc(OC(=O)N(C)CCCN(C)C)cc3OC)ccc3c2C(C)=CC(C)(C)N3)cc1. The van der Waals surface area contributed by atoms with Gasteiger partial charge in [-0.1, -0.05) is 31.2 Å². The average molecular weight is 600 g/mol. The van der Waals surface area contributed by atoms with Crippen molar-refractivity contribution in [3.8, 4) is 22.6 Å². The zero-order chi connectivity index (χ0) is 32.0. The number of rotatable bonds is 11. The number of carbonyl (C=O) groups excluding carboxylic acids is 2. The molecule has 8 heteroatoms. The van der Waals surface area contributed by atoms with Gasteiger partial charge in [-0.05, 0) is 101 Å². The van der Waals surface area contributed by atoms with Gasteiger partial charge >= 0.3 is 12.1 Å². The first kappa shape index (κ1) is 32.6. The Balaban J connectivity index is 1.66. The van der Waals surface area contributed by atoms with Crippen molar-refractivity contribution in [1.82, 2.24) is 9.80 Å². The molecule has 1 N–H and O–H groups in total. The molecule has 0 saturated heterocycles. The van der Waals surface area contributed by atoms with Crippen molar-refractivity contribution >= 4 is 23.3 Å². The van der Waals surface area contributed by atoms with Crippen molar-refractivity contribution in [2.24, 2.45) is 0 Å². The van der Waals surface area contributed by atoms with E-state index < -0.39 is 6.09 Å². The lowest BCUT2D eigenvalue weighted by Crippen LogP contribution is -2.32. The maximum atomic E-state index is 13.1. The molecule has 0 spiro atoms. The third kappa shape index (κ3) is 7.80. The van der Waals surface area contributed by atoms with Gasteiger partial charge in [-0.25, -0.2) is 9.59 Å². The minimum absolute atomic E-state index is 0.0673. The number of amides is 1. The number of hydrogen-bond donors (Lipinski definition) is 1. The number of allylic oxidation sites excluding steroid dienone is 1. The van der Waals surface area contributed by atoms with E-state index in [1.807, 2.05) is 44.4 Å². The first-order valence-corrected chi connectivity index (χ1v) is 15.1. The van der Waals surface area contributed by atoms with Gasteiger partial charge < -0.3 is 29.3 Å². The standard InChI is InChI=1S/C36H45N3O5/c1-9-25-11-13-26(14-12-25)34(40)43-23-30-28(17-18-31-33(30)24(2)22-36(3,4)37-31)29-16-15-27(21-32(29)42-8)44-35(41)39(7)20-10-19-38(5)6/h11-18,21-22,37H,9-10,19-20,23H2,1-8H3. The van der Waals surface area contributed by atoms with Crippen LogP contribution in [0.15, 0.2) is 60.7 Å². The fraction of sp³-hybridized carbons (Fsp3) is 0.389. The average Bonchev–Trinajstić information content (AvgIpc) is 2.98. The van der Waals surface area contributed by atoms with Crippen LogP contribution in [0.1, 0.15) is 61.2 Å². The number of nitrogens with one attached hydrogen (secondary N) is 1. The summed E-state index contributed by atoms with van der Waals surface area (Å²) in [6.07, 6.45) is 3.50. The Bertz CT molecular complexity index is 1530. The summed E-state index contributed by atoms with van der Waals surface area (Å²) in [6.45, 7) is 9.93. The van der Waals surface area contributed by atoms with Gasteiger partial charge in [0.1, 0.15) is 18.1 Å². The van der Waals surface area contributed by atoms with Crippen molar-refractivity contribution in [3.63, 3.8) is 0 Å². The first-order valence-electron chi connectivity index (χ1n) is 15.1. The predicted octanol–water partition coefficient (Wildman–Crippen LogP) is 7.27. The monoisotopic (exact) mass is 599 g/mol. The van der Waals surface area contributed by atoms with Gasteiger partial charge in [0.25, 0.3) is 0 Å². The Morgan fingerprint density at radius 2 is 1.64 bits per heavy atom. The summed E-state index contributed by atoms with van der Waals surface area (Å²) in [5, 5.41) is 3.60. The molecule has 8 nitrogen and oxygen atoms in total. The van der Waals surface area contributed by atoms with Crippen LogP contribution in [0.2, 0.25) is 0 Å². The second-order valence-corrected chi connectivity index (χ2v) is 12.1. The molecular formula is C36H45N3O5. The number of carbonyl (C=O) groups is 2. The molecule has 0 aromatic heterocycles. The number of nitrogens with zero attached hydrogens (tertiary/aromatic N) is 2. The van der Waals surface area contributed by atoms with Crippen molar-refractivity contribution in [2.45, 2.75) is 52.7 Å². The van der Waals surface area contributed by atoms with Crippen molar-refractivity contribution in [3.05, 3.63) is 82.9 Å². The molecule has 0 saturated carbocycles. The number of esters is 1. The molecule has 1 amide bonds. The van der Waals surface area contributed by atoms with Crippen LogP contribution in [0.25, 0.3) is 16.7 Å². The summed E-state index contributed by atoms with van der Waals surface area (Å²) in [5.41, 5.74) is 7.02. The first-order chi connectivity index (χ1) is 20.9. The number of anilines is 1. The fourth-order valence-electron chi connectivity index (χ4n) is 5.55. The summed E-state index contributed by atoms with van der Waals surface area (Å²) in [6, 6.07) is 16.9. The molecule has 0 fully saturated rings. The van der Waals surface area contributed by atoms with Crippen LogP contribution in [0.4, 0.5) is 10.5 Å². The fourth-order valence-corrected chi connectivity index (χ4v) is 5.55. The van der Waals surface area contributed by atoms with E-state index in [4.69, 9.17) is 14.2 Å². The zero-order valence-corrected chi connectivity index (χ0v) is 27.2. The Hall–Kier alpha value is -4.30. The van der Waals surface area contributed by atoms with Gasteiger partial charge in [-0.15, -0.1) is 0 Å². The highest BCUT2D eigenvalue weighted by molar-refractivity contribution is 5.91. The van der Waals surface area contributed by atoms with Crippen molar-refractivity contribution in [2.75, 3.05) is 46.7 Å². The molecule has 0 bridgehead atoms. The Kier molecular flexibility index (Phi) is 10.4. The van der Waals surface area contributed by atoms with Crippen LogP contribution in [-0.4, -0.2) is 68.7 Å². The Morgan fingerprint density at radius 3 is 2.30 bits per heavy atom. The predicted molar refractivity (Wildman–Crippen MR) is 177 cm³/mol. The van der Waals surface area contributed by atoms with E-state index >= 15 is 0 Å². The molecule has 234 valence electrons. The number of aryl methyl sites for hydroxylation is 1. The maximum absolute atomic E-state index is 13.1. The normalized spacial score (nSPS) is 13.4. The number of fused-ring (bicyclic) bond motifs is 1. The van der Waals surface area contributed by atoms with Crippen LogP contribution in [0, 0.1) is 0 Å². The quantitative estimate of drug-likeness (QED) is 0.232. The van der Waals surface area contributed by atoms with Crippen LogP contribution in [0.5, 0.6) is 11.5 Å². The smallest absolute Gasteiger partial charge is 0.414 e. The van der Waals surface area contributed by atoms with Crippen molar-refractivity contribution < 1.29 is 23.8 Å². The summed E-state index contributed by atoms with van der Waals surface area (Å²) in [4.78, 5) is 29.5. The Morgan fingerprint density at radius 1 is 0.932 bits per heavy atom. The highest BCUT2D eigenvalue weighted by Gasteiger charge is 2.27. The second kappa shape index (κ2) is 14.0. The number of hydrogen-bond acceptors (Lipinski definition) is 7. The Labute approximate surface area is 261 Å². The molecule has 4 rings (SSSR count). The summed E-state index contributed by atoms with van der Waals surface area (Å²) >= 11 is 0. The van der Waals surface area contributed by atoms with Gasteiger partial charge in [0, 0.05) is 42.0 Å². The van der Waals surface area contributed by atoms with E-state index in [9.17, 15) is 9.59 Å². The summed E-state index contributed by atoms with van der Waals surface area (Å²) in [5.74, 6) is 0.542. The molecule has 0 atom stereocenters. The molecular weight excluding hydrogens is 554 g/mol. The van der Waals surface area contributed by atoms with Gasteiger partial charge in [-0.2, -0.15) is 0 Å². The lowest BCUT2D eigenvalue weighted by Gasteiger charge is -2.33. The van der Waals surface area contributed by atoms with E-state index in [-0.39, 0.29) is 18.1 Å². The molecule has 1 aliphatic heterocycles. The lowest BCUT2D eigenvalue weighted by molar-refractivity contribution is 0.0473. The minimum atomic E-state index is -0.429. The highest BCUT2D eigenvalue weighted by atomic mass is 16.6. The van der Waals surface area contributed by atoms with Gasteiger partial charge in [0.05, 0.1) is 18.2 Å². The van der Waals surface area contributed by atoms with E-state index in [1.54, 1.807) is 43.3 Å². The molecule has 0 radical (unpaired) electrons. The minimum Gasteiger partial charge on any atom is -0.496 e. The van der Waals surface area contributed by atoms with Gasteiger partial charge in [-0.3, -0.25) is 0 Å². The van der Waals surface area contributed by atoms with Crippen molar-refractivity contribution in [1.29, 1.82) is 0 Å². The van der Waals surface area contributed by atoms with Crippen LogP contribution < -0.4 is 14.8 Å². The topological polar surface area (TPSA) is 80.3 Å². The second-order valence-electron chi connectivity index (χ2n) is 12.1. The third-order valence-electron chi connectivity index (χ3n) is 7.77. The van der Waals surface area contributed by atoms with Gasteiger partial charge in [0.2, 0.25) is 0 Å². The molecule has 3 aromatic rings. The van der Waals surface area contributed by atoms with Crippen LogP contribution in [0.3, 0.4) is 0 Å². The van der Waals surface area contributed by atoms with Crippen LogP contribution in [-0.2, 0) is 17.8 Å². The number of benzene rings is 3. The molecule has 1 heterocycles. The zero-order valence-electron chi connectivity index (χ0n) is 27.2. The summed E-state index contributed by atoms with van der Waals surface area (Å²) < 4.78 is 17.4. The lowest BCUT2D eigenvalue weighted by atomic mass is 9.85. The maximum Gasteiger partial charge on any atom is 0.414 e. The van der Waals surface area contributed by atoms with E-state index in [0.717, 1.165) is 58.5 Å². The molecule has 3 aromatic carbocycles. The van der Waals surface area contributed by atoms with Gasteiger partial charge in [0.15, 0.2) is 0 Å². The van der Waals surface area contributed by atoms with E-state index in [0.29, 0.717) is 23.6 Å². The largest absolute Gasteiger partial charge is 0.496 e. The third-order valence-corrected chi connectivity index (χ3v) is 7.77. The molecule has 0 aliphatic carbocycles. The van der Waals surface area contributed by atoms with Crippen LogP contribution >= 0.6 is 0 Å².